The highest BCUT2D eigenvalue weighted by molar-refractivity contribution is 7.98. The molecule has 1 heterocycles. The molecule has 0 radical (unpaired) electrons. The van der Waals surface area contributed by atoms with E-state index in [0.29, 0.717) is 0 Å². The Bertz CT molecular complexity index is 466. The Labute approximate surface area is 113 Å². The van der Waals surface area contributed by atoms with E-state index in [2.05, 4.69) is 23.7 Å². The molecule has 1 aromatic carbocycles. The molecule has 0 saturated heterocycles. The number of para-hydroxylation sites is 1. The quantitative estimate of drug-likeness (QED) is 0.727. The van der Waals surface area contributed by atoms with E-state index in [1.54, 1.807) is 0 Å². The second kappa shape index (κ2) is 7.49. The van der Waals surface area contributed by atoms with Gasteiger partial charge in [-0.25, -0.2) is 0 Å². The van der Waals surface area contributed by atoms with Crippen LogP contribution in [0.5, 0.6) is 0 Å². The lowest BCUT2D eigenvalue weighted by Gasteiger charge is -2.03. The van der Waals surface area contributed by atoms with Gasteiger partial charge in [0.15, 0.2) is 0 Å². The first kappa shape index (κ1) is 13.5. The summed E-state index contributed by atoms with van der Waals surface area (Å²) in [5.74, 6) is 1.28. The second-order valence-electron chi connectivity index (χ2n) is 4.49. The van der Waals surface area contributed by atoms with Crippen molar-refractivity contribution in [1.82, 2.24) is 5.32 Å². The van der Waals surface area contributed by atoms with E-state index in [9.17, 15) is 0 Å². The molecule has 2 rings (SSSR count). The van der Waals surface area contributed by atoms with Crippen LogP contribution >= 0.6 is 11.8 Å². The Morgan fingerprint density at radius 2 is 2.06 bits per heavy atom. The Kier molecular flexibility index (Phi) is 5.62. The van der Waals surface area contributed by atoms with E-state index >= 15 is 0 Å². The first-order valence-corrected chi connectivity index (χ1v) is 7.96. The molecule has 18 heavy (non-hydrogen) atoms. The van der Waals surface area contributed by atoms with Gasteiger partial charge in [0.1, 0.15) is 5.58 Å². The topological polar surface area (TPSA) is 25.2 Å². The van der Waals surface area contributed by atoms with Crippen molar-refractivity contribution in [1.29, 1.82) is 0 Å². The predicted molar refractivity (Wildman–Crippen MR) is 80.2 cm³/mol. The van der Waals surface area contributed by atoms with E-state index < -0.39 is 0 Å². The van der Waals surface area contributed by atoms with Gasteiger partial charge in [-0.05, 0) is 37.5 Å². The van der Waals surface area contributed by atoms with Gasteiger partial charge in [-0.1, -0.05) is 24.6 Å². The summed E-state index contributed by atoms with van der Waals surface area (Å²) in [7, 11) is 0. The number of hydrogen-bond acceptors (Lipinski definition) is 3. The lowest BCUT2D eigenvalue weighted by atomic mass is 10.2. The molecule has 0 amide bonds. The standard InChI is InChI=1S/C15H21NOS/c1-18-10-6-2-5-9-16-11-13-12-17-15-8-4-3-7-14(13)15/h3-4,7-8,12,16H,2,5-6,9-11H2,1H3. The zero-order valence-corrected chi connectivity index (χ0v) is 11.8. The molecule has 0 bridgehead atoms. The Balaban J connectivity index is 1.70. The van der Waals surface area contributed by atoms with E-state index in [4.69, 9.17) is 4.42 Å². The molecule has 0 saturated carbocycles. The maximum atomic E-state index is 5.52. The zero-order valence-electron chi connectivity index (χ0n) is 10.9. The smallest absolute Gasteiger partial charge is 0.134 e. The Morgan fingerprint density at radius 3 is 2.94 bits per heavy atom. The summed E-state index contributed by atoms with van der Waals surface area (Å²) < 4.78 is 5.52. The number of hydrogen-bond donors (Lipinski definition) is 1. The normalized spacial score (nSPS) is 11.2. The first-order chi connectivity index (χ1) is 8.92. The molecule has 0 spiro atoms. The minimum absolute atomic E-state index is 0.902. The van der Waals surface area contributed by atoms with Crippen LogP contribution in [-0.2, 0) is 6.54 Å². The van der Waals surface area contributed by atoms with Crippen LogP contribution in [0.4, 0.5) is 0 Å². The number of furan rings is 1. The molecular weight excluding hydrogens is 242 g/mol. The van der Waals surface area contributed by atoms with Crippen molar-refractivity contribution in [3.63, 3.8) is 0 Å². The van der Waals surface area contributed by atoms with Crippen molar-refractivity contribution in [2.75, 3.05) is 18.6 Å². The third-order valence-corrected chi connectivity index (χ3v) is 3.78. The molecule has 3 heteroatoms. The van der Waals surface area contributed by atoms with Crippen LogP contribution in [0.3, 0.4) is 0 Å². The lowest BCUT2D eigenvalue weighted by Crippen LogP contribution is -2.14. The Hall–Kier alpha value is -0.930. The maximum Gasteiger partial charge on any atom is 0.134 e. The average Bonchev–Trinajstić information content (AvgIpc) is 2.81. The molecule has 0 unspecified atom stereocenters. The zero-order chi connectivity index (χ0) is 12.6. The van der Waals surface area contributed by atoms with Crippen LogP contribution in [0.2, 0.25) is 0 Å². The van der Waals surface area contributed by atoms with Crippen LogP contribution in [0.25, 0.3) is 11.0 Å². The molecule has 2 aromatic rings. The largest absolute Gasteiger partial charge is 0.464 e. The van der Waals surface area contributed by atoms with Gasteiger partial charge in [-0.2, -0.15) is 11.8 Å². The summed E-state index contributed by atoms with van der Waals surface area (Å²) in [6.45, 7) is 1.99. The van der Waals surface area contributed by atoms with Gasteiger partial charge >= 0.3 is 0 Å². The minimum Gasteiger partial charge on any atom is -0.464 e. The summed E-state index contributed by atoms with van der Waals surface area (Å²) in [4.78, 5) is 0. The van der Waals surface area contributed by atoms with Crippen molar-refractivity contribution in [2.24, 2.45) is 0 Å². The number of nitrogens with one attached hydrogen (secondary N) is 1. The highest BCUT2D eigenvalue weighted by Gasteiger charge is 2.03. The lowest BCUT2D eigenvalue weighted by molar-refractivity contribution is 0.591. The number of rotatable bonds is 8. The summed E-state index contributed by atoms with van der Waals surface area (Å²) >= 11 is 1.93. The van der Waals surface area contributed by atoms with E-state index in [-0.39, 0.29) is 0 Å². The first-order valence-electron chi connectivity index (χ1n) is 6.56. The molecule has 98 valence electrons. The van der Waals surface area contributed by atoms with Gasteiger partial charge in [-0.15, -0.1) is 0 Å². The van der Waals surface area contributed by atoms with Crippen LogP contribution in [0.15, 0.2) is 34.9 Å². The monoisotopic (exact) mass is 263 g/mol. The highest BCUT2D eigenvalue weighted by atomic mass is 32.2. The molecule has 0 aliphatic rings. The molecule has 0 fully saturated rings. The Morgan fingerprint density at radius 1 is 1.17 bits per heavy atom. The number of fused-ring (bicyclic) bond motifs is 1. The van der Waals surface area contributed by atoms with Gasteiger partial charge in [0.05, 0.1) is 6.26 Å². The SMILES string of the molecule is CSCCCCCNCc1coc2ccccc12. The van der Waals surface area contributed by atoms with Crippen LogP contribution in [0.1, 0.15) is 24.8 Å². The van der Waals surface area contributed by atoms with Crippen LogP contribution in [0, 0.1) is 0 Å². The summed E-state index contributed by atoms with van der Waals surface area (Å²) in [6.07, 6.45) is 7.95. The summed E-state index contributed by atoms with van der Waals surface area (Å²) in [6, 6.07) is 8.20. The molecule has 1 N–H and O–H groups in total. The van der Waals surface area contributed by atoms with Crippen molar-refractivity contribution in [2.45, 2.75) is 25.8 Å². The third-order valence-electron chi connectivity index (χ3n) is 3.08. The number of unbranched alkanes of at least 4 members (excludes halogenated alkanes) is 2. The number of benzene rings is 1. The van der Waals surface area contributed by atoms with E-state index in [1.807, 2.05) is 30.2 Å². The summed E-state index contributed by atoms with van der Waals surface area (Å²) in [5.41, 5.74) is 2.24. The van der Waals surface area contributed by atoms with Gasteiger partial charge in [0, 0.05) is 17.5 Å². The number of thioether (sulfide) groups is 1. The fourth-order valence-electron chi connectivity index (χ4n) is 2.07. The maximum absolute atomic E-state index is 5.52. The highest BCUT2D eigenvalue weighted by Crippen LogP contribution is 2.20. The van der Waals surface area contributed by atoms with Crippen molar-refractivity contribution >= 4 is 22.7 Å². The molecular formula is C15H21NOS. The van der Waals surface area contributed by atoms with E-state index in [1.165, 1.54) is 36.0 Å². The van der Waals surface area contributed by atoms with Crippen molar-refractivity contribution in [3.8, 4) is 0 Å². The molecule has 1 aromatic heterocycles. The van der Waals surface area contributed by atoms with Gasteiger partial charge < -0.3 is 9.73 Å². The molecule has 0 aliphatic heterocycles. The fourth-order valence-corrected chi connectivity index (χ4v) is 2.56. The minimum atomic E-state index is 0.902. The van der Waals surface area contributed by atoms with Gasteiger partial charge in [-0.3, -0.25) is 0 Å². The predicted octanol–water partition coefficient (Wildman–Crippen LogP) is 4.06. The van der Waals surface area contributed by atoms with E-state index in [0.717, 1.165) is 18.7 Å². The van der Waals surface area contributed by atoms with Crippen LogP contribution < -0.4 is 5.32 Å². The van der Waals surface area contributed by atoms with Crippen molar-refractivity contribution in [3.05, 3.63) is 36.1 Å². The molecule has 2 nitrogen and oxygen atoms in total. The van der Waals surface area contributed by atoms with Gasteiger partial charge in [0.25, 0.3) is 0 Å². The average molecular weight is 263 g/mol. The molecule has 0 aliphatic carbocycles. The van der Waals surface area contributed by atoms with Crippen LogP contribution in [-0.4, -0.2) is 18.6 Å². The van der Waals surface area contributed by atoms with Crippen molar-refractivity contribution < 1.29 is 4.42 Å². The summed E-state index contributed by atoms with van der Waals surface area (Å²) in [5, 5.41) is 4.72. The third kappa shape index (κ3) is 3.79. The fraction of sp³-hybridized carbons (Fsp3) is 0.467. The van der Waals surface area contributed by atoms with Gasteiger partial charge in [0.2, 0.25) is 0 Å². The second-order valence-corrected chi connectivity index (χ2v) is 5.47. The molecule has 0 atom stereocenters.